The van der Waals surface area contributed by atoms with E-state index in [-0.39, 0.29) is 57.2 Å². The van der Waals surface area contributed by atoms with Crippen LogP contribution in [-0.2, 0) is 25.7 Å². The molecular formula is C43H58N2O9. The zero-order chi connectivity index (χ0) is 38.3. The Morgan fingerprint density at radius 1 is 1.02 bits per heavy atom. The summed E-state index contributed by atoms with van der Waals surface area (Å²) in [4.78, 5) is 21.2. The van der Waals surface area contributed by atoms with Crippen LogP contribution in [0, 0.1) is 17.8 Å². The van der Waals surface area contributed by atoms with Crippen LogP contribution in [0.2, 0.25) is 0 Å². The van der Waals surface area contributed by atoms with E-state index in [2.05, 4.69) is 30.5 Å². The van der Waals surface area contributed by atoms with Crippen LogP contribution in [0.3, 0.4) is 0 Å². The number of amides is 1. The SMILES string of the molecule is C=CCOc1ccc2c(c1)[C@H]1[C@H](CCCCO)[C@@H](CCCCO)C=C3C(=NOCC)C[C@H](N(C)C(=O)OCCOCc4ccccc4)[C@@](OCC=C)(O2)[C@H]31. The van der Waals surface area contributed by atoms with Gasteiger partial charge in [0.1, 0.15) is 37.4 Å². The van der Waals surface area contributed by atoms with E-state index in [4.69, 9.17) is 28.5 Å². The van der Waals surface area contributed by atoms with Gasteiger partial charge in [0.2, 0.25) is 5.79 Å². The van der Waals surface area contributed by atoms with Crippen molar-refractivity contribution >= 4 is 11.8 Å². The highest BCUT2D eigenvalue weighted by atomic mass is 16.7. The van der Waals surface area contributed by atoms with Gasteiger partial charge < -0.3 is 43.6 Å². The minimum atomic E-state index is -1.35. The molecule has 2 aromatic carbocycles. The van der Waals surface area contributed by atoms with Crippen LogP contribution in [0.4, 0.5) is 4.79 Å². The highest BCUT2D eigenvalue weighted by Crippen LogP contribution is 2.61. The van der Waals surface area contributed by atoms with Gasteiger partial charge in [0.15, 0.2) is 0 Å². The minimum absolute atomic E-state index is 0.0694. The molecule has 11 nitrogen and oxygen atoms in total. The second-order valence-electron chi connectivity index (χ2n) is 14.1. The number of fused-ring (bicyclic) bond motifs is 2. The van der Waals surface area contributed by atoms with Gasteiger partial charge in [-0.2, -0.15) is 0 Å². The van der Waals surface area contributed by atoms with Crippen molar-refractivity contribution in [3.63, 3.8) is 0 Å². The third-order valence-corrected chi connectivity index (χ3v) is 10.6. The molecule has 294 valence electrons. The Bertz CT molecular complexity index is 1580. The van der Waals surface area contributed by atoms with Crippen molar-refractivity contribution < 1.29 is 43.5 Å². The summed E-state index contributed by atoms with van der Waals surface area (Å²) in [6.07, 6.45) is 10.3. The van der Waals surface area contributed by atoms with Crippen molar-refractivity contribution in [1.29, 1.82) is 0 Å². The van der Waals surface area contributed by atoms with E-state index in [0.717, 1.165) is 48.1 Å². The fourth-order valence-corrected chi connectivity index (χ4v) is 8.30. The molecule has 0 unspecified atom stereocenters. The Kier molecular flexibility index (Phi) is 15.6. The maximum absolute atomic E-state index is 13.9. The Hall–Kier alpha value is -4.16. The third kappa shape index (κ3) is 9.55. The lowest BCUT2D eigenvalue weighted by Gasteiger charge is -2.59. The fourth-order valence-electron chi connectivity index (χ4n) is 8.30. The molecule has 11 heteroatoms. The van der Waals surface area contributed by atoms with E-state index >= 15 is 0 Å². The third-order valence-electron chi connectivity index (χ3n) is 10.6. The molecule has 54 heavy (non-hydrogen) atoms. The highest BCUT2D eigenvalue weighted by molar-refractivity contribution is 6.02. The van der Waals surface area contributed by atoms with Gasteiger partial charge in [-0.3, -0.25) is 0 Å². The zero-order valence-corrected chi connectivity index (χ0v) is 31.9. The van der Waals surface area contributed by atoms with Gasteiger partial charge in [-0.15, -0.1) is 6.58 Å². The summed E-state index contributed by atoms with van der Waals surface area (Å²) in [5.74, 6) is -0.308. The summed E-state index contributed by atoms with van der Waals surface area (Å²) in [6.45, 7) is 11.5. The van der Waals surface area contributed by atoms with Crippen molar-refractivity contribution in [2.24, 2.45) is 22.9 Å². The molecule has 6 atom stereocenters. The molecule has 1 fully saturated rings. The maximum Gasteiger partial charge on any atom is 0.410 e. The molecule has 0 radical (unpaired) electrons. The van der Waals surface area contributed by atoms with E-state index in [9.17, 15) is 15.0 Å². The van der Waals surface area contributed by atoms with E-state index < -0.39 is 23.8 Å². The Morgan fingerprint density at radius 2 is 1.78 bits per heavy atom. The molecule has 2 aliphatic carbocycles. The molecule has 1 aliphatic heterocycles. The van der Waals surface area contributed by atoms with E-state index in [1.807, 2.05) is 49.4 Å². The number of hydrogen-bond acceptors (Lipinski definition) is 10. The number of unbranched alkanes of at least 4 members (excludes halogenated alkanes) is 2. The predicted octanol–water partition coefficient (Wildman–Crippen LogP) is 7.19. The molecule has 1 heterocycles. The number of hydrogen-bond donors (Lipinski definition) is 2. The van der Waals surface area contributed by atoms with Crippen LogP contribution in [0.25, 0.3) is 0 Å². The Balaban J connectivity index is 1.58. The van der Waals surface area contributed by atoms with Crippen molar-refractivity contribution in [2.45, 2.75) is 76.2 Å². The summed E-state index contributed by atoms with van der Waals surface area (Å²) in [7, 11) is 1.71. The summed E-state index contributed by atoms with van der Waals surface area (Å²) >= 11 is 0. The summed E-state index contributed by atoms with van der Waals surface area (Å²) in [5, 5.41) is 24.2. The molecule has 0 bridgehead atoms. The molecule has 2 aromatic rings. The van der Waals surface area contributed by atoms with Crippen LogP contribution in [0.15, 0.2) is 90.6 Å². The fraction of sp³-hybridized carbons (Fsp3) is 0.535. The number of carbonyl (C=O) groups is 1. The van der Waals surface area contributed by atoms with Crippen LogP contribution in [0.1, 0.15) is 68.9 Å². The van der Waals surface area contributed by atoms with Gasteiger partial charge in [-0.05, 0) is 73.8 Å². The molecule has 2 N–H and O–H groups in total. The number of rotatable bonds is 22. The van der Waals surface area contributed by atoms with E-state index in [1.165, 1.54) is 0 Å². The lowest BCUT2D eigenvalue weighted by molar-refractivity contribution is -0.253. The van der Waals surface area contributed by atoms with Crippen LogP contribution in [-0.4, -0.2) is 92.0 Å². The second-order valence-corrected chi connectivity index (χ2v) is 14.1. The van der Waals surface area contributed by atoms with Crippen molar-refractivity contribution in [2.75, 3.05) is 53.3 Å². The number of benzene rings is 2. The molecule has 5 rings (SSSR count). The van der Waals surface area contributed by atoms with Crippen LogP contribution < -0.4 is 9.47 Å². The molecule has 1 amide bonds. The van der Waals surface area contributed by atoms with Gasteiger partial charge >= 0.3 is 6.09 Å². The van der Waals surface area contributed by atoms with Gasteiger partial charge in [0.05, 0.1) is 31.5 Å². The molecule has 0 spiro atoms. The van der Waals surface area contributed by atoms with Gasteiger partial charge in [0.25, 0.3) is 0 Å². The van der Waals surface area contributed by atoms with E-state index in [1.54, 1.807) is 24.1 Å². The monoisotopic (exact) mass is 746 g/mol. The molecular weight excluding hydrogens is 688 g/mol. The number of carbonyl (C=O) groups excluding carboxylic acids is 1. The number of nitrogens with zero attached hydrogens (tertiary/aromatic N) is 2. The topological polar surface area (TPSA) is 129 Å². The first-order valence-electron chi connectivity index (χ1n) is 19.4. The standard InChI is InChI=1S/C43H58N2O9/c1-5-23-50-33-19-20-38-36(28-33)40-34(18-12-14-22-47)32(17-11-13-21-46)27-35-37(44-53-7-3)29-39(43(54-38,41(35)40)52-24-6-2)45(4)42(48)51-26-25-49-30-31-15-9-8-10-16-31/h5-6,8-10,15-16,19-20,27-28,32,34,39-41,46-47H,1-2,7,11-14,17-18,21-26,29-30H2,3-4H3/t32-,34+,39-,40+,41+,43+/m0/s1. The van der Waals surface area contributed by atoms with Gasteiger partial charge in [-0.25, -0.2) is 4.79 Å². The number of allylic oxidation sites excluding steroid dienone is 1. The molecule has 0 saturated heterocycles. The molecule has 0 aromatic heterocycles. The second kappa shape index (κ2) is 20.5. The zero-order valence-electron chi connectivity index (χ0n) is 31.9. The first kappa shape index (κ1) is 41.0. The summed E-state index contributed by atoms with van der Waals surface area (Å²) in [5.41, 5.74) is 3.73. The average Bonchev–Trinajstić information content (AvgIpc) is 3.19. The first-order chi connectivity index (χ1) is 26.4. The number of oxime groups is 1. The molecule has 1 saturated carbocycles. The van der Waals surface area contributed by atoms with Gasteiger partial charge in [0, 0.05) is 38.2 Å². The summed E-state index contributed by atoms with van der Waals surface area (Å²) < 4.78 is 31.6. The van der Waals surface area contributed by atoms with Crippen LogP contribution in [0.5, 0.6) is 11.5 Å². The molecule has 3 aliphatic rings. The quantitative estimate of drug-likeness (QED) is 0.0731. The lowest BCUT2D eigenvalue weighted by Crippen LogP contribution is -2.69. The van der Waals surface area contributed by atoms with Crippen LogP contribution >= 0.6 is 0 Å². The lowest BCUT2D eigenvalue weighted by atomic mass is 9.55. The largest absolute Gasteiger partial charge is 0.490 e. The Labute approximate surface area is 320 Å². The number of ether oxygens (including phenoxy) is 5. The van der Waals surface area contributed by atoms with Crippen molar-refractivity contribution in [1.82, 2.24) is 4.90 Å². The predicted molar refractivity (Wildman–Crippen MR) is 207 cm³/mol. The minimum Gasteiger partial charge on any atom is -0.490 e. The Morgan fingerprint density at radius 3 is 2.50 bits per heavy atom. The summed E-state index contributed by atoms with van der Waals surface area (Å²) in [6, 6.07) is 15.0. The smallest absolute Gasteiger partial charge is 0.410 e. The van der Waals surface area contributed by atoms with Crippen molar-refractivity contribution in [3.8, 4) is 11.5 Å². The first-order valence-corrected chi connectivity index (χ1v) is 19.4. The number of likely N-dealkylation sites (N-methyl/N-ethyl adjacent to an activating group) is 1. The number of aliphatic hydroxyl groups excluding tert-OH is 2. The van der Waals surface area contributed by atoms with E-state index in [0.29, 0.717) is 44.2 Å². The van der Waals surface area contributed by atoms with Gasteiger partial charge in [-0.1, -0.05) is 73.1 Å². The highest BCUT2D eigenvalue weighted by Gasteiger charge is 2.65. The normalized spacial score (nSPS) is 24.7. The average molecular weight is 747 g/mol. The van der Waals surface area contributed by atoms with Crippen molar-refractivity contribution in [3.05, 3.63) is 96.6 Å². The maximum atomic E-state index is 13.9. The number of aliphatic hydroxyl groups is 2.